The van der Waals surface area contributed by atoms with Crippen molar-refractivity contribution in [3.05, 3.63) is 53.6 Å². The Hall–Kier alpha value is -3.02. The maximum Gasteiger partial charge on any atom is 0.284 e. The van der Waals surface area contributed by atoms with Crippen LogP contribution in [0.15, 0.2) is 47.6 Å². The highest BCUT2D eigenvalue weighted by Gasteiger charge is 2.26. The fourth-order valence-electron chi connectivity index (χ4n) is 2.16. The third kappa shape index (κ3) is 3.42. The number of benzene rings is 2. The average molecular weight is 312 g/mol. The van der Waals surface area contributed by atoms with Crippen molar-refractivity contribution in [1.82, 2.24) is 5.43 Å². The molecule has 3 rings (SSSR count). The Morgan fingerprint density at radius 1 is 1.30 bits per heavy atom. The molecule has 0 aromatic heterocycles. The van der Waals surface area contributed by atoms with Crippen LogP contribution in [0, 0.1) is 6.92 Å². The molecule has 118 valence electrons. The smallest absolute Gasteiger partial charge is 0.284 e. The summed E-state index contributed by atoms with van der Waals surface area (Å²) in [4.78, 5) is 12.1. The van der Waals surface area contributed by atoms with Gasteiger partial charge in [0, 0.05) is 5.56 Å². The lowest BCUT2D eigenvalue weighted by Gasteiger charge is -2.24. The van der Waals surface area contributed by atoms with E-state index in [2.05, 4.69) is 10.5 Å². The number of nitrogens with one attached hydrogen (secondary N) is 1. The topological polar surface area (TPSA) is 80.2 Å². The van der Waals surface area contributed by atoms with Crippen molar-refractivity contribution in [1.29, 1.82) is 0 Å². The lowest BCUT2D eigenvalue weighted by molar-refractivity contribution is -0.130. The van der Waals surface area contributed by atoms with Gasteiger partial charge in [-0.15, -0.1) is 0 Å². The van der Waals surface area contributed by atoms with Crippen molar-refractivity contribution in [3.63, 3.8) is 0 Å². The molecule has 1 aliphatic rings. The summed E-state index contributed by atoms with van der Waals surface area (Å²) in [5, 5.41) is 13.6. The quantitative estimate of drug-likeness (QED) is 0.671. The van der Waals surface area contributed by atoms with E-state index in [-0.39, 0.29) is 12.4 Å². The van der Waals surface area contributed by atoms with E-state index in [0.29, 0.717) is 17.1 Å². The molecule has 6 heteroatoms. The second-order valence-corrected chi connectivity index (χ2v) is 5.16. The first-order valence-corrected chi connectivity index (χ1v) is 7.14. The average Bonchev–Trinajstić information content (AvgIpc) is 2.57. The highest BCUT2D eigenvalue weighted by Crippen LogP contribution is 2.30. The van der Waals surface area contributed by atoms with Gasteiger partial charge in [0.1, 0.15) is 12.4 Å². The molecular weight excluding hydrogens is 296 g/mol. The minimum absolute atomic E-state index is 0.0970. The van der Waals surface area contributed by atoms with E-state index < -0.39 is 12.0 Å². The second kappa shape index (κ2) is 6.39. The van der Waals surface area contributed by atoms with Crippen molar-refractivity contribution in [3.8, 4) is 17.2 Å². The van der Waals surface area contributed by atoms with Gasteiger partial charge in [0.25, 0.3) is 5.91 Å². The van der Waals surface area contributed by atoms with Gasteiger partial charge in [-0.25, -0.2) is 5.43 Å². The molecule has 0 saturated carbocycles. The lowest BCUT2D eigenvalue weighted by atomic mass is 10.1. The van der Waals surface area contributed by atoms with E-state index in [4.69, 9.17) is 9.47 Å². The van der Waals surface area contributed by atoms with E-state index in [1.165, 1.54) is 6.21 Å². The molecule has 0 radical (unpaired) electrons. The van der Waals surface area contributed by atoms with E-state index in [1.807, 2.05) is 13.0 Å². The third-order valence-electron chi connectivity index (χ3n) is 3.36. The molecule has 0 saturated heterocycles. The van der Waals surface area contributed by atoms with Crippen molar-refractivity contribution in [2.24, 2.45) is 5.10 Å². The Morgan fingerprint density at radius 3 is 2.91 bits per heavy atom. The molecule has 1 aliphatic heterocycles. The van der Waals surface area contributed by atoms with Crippen LogP contribution in [0.5, 0.6) is 17.2 Å². The van der Waals surface area contributed by atoms with Crippen molar-refractivity contribution >= 4 is 12.1 Å². The number of para-hydroxylation sites is 2. The number of phenols is 1. The highest BCUT2D eigenvalue weighted by molar-refractivity contribution is 5.86. The Bertz CT molecular complexity index is 758. The fraction of sp³-hybridized carbons (Fsp3) is 0.176. The third-order valence-corrected chi connectivity index (χ3v) is 3.36. The van der Waals surface area contributed by atoms with E-state index in [9.17, 15) is 9.90 Å². The zero-order chi connectivity index (χ0) is 16.2. The number of rotatable bonds is 3. The number of aromatic hydroxyl groups is 1. The van der Waals surface area contributed by atoms with Gasteiger partial charge in [0.15, 0.2) is 11.5 Å². The number of carbonyl (C=O) groups excluding carboxylic acids is 1. The summed E-state index contributed by atoms with van der Waals surface area (Å²) in [5.41, 5.74) is 3.90. The summed E-state index contributed by atoms with van der Waals surface area (Å²) in [5.74, 6) is 0.826. The van der Waals surface area contributed by atoms with Gasteiger partial charge in [-0.05, 0) is 31.2 Å². The first kappa shape index (κ1) is 14.9. The second-order valence-electron chi connectivity index (χ2n) is 5.16. The van der Waals surface area contributed by atoms with Crippen LogP contribution in [0.1, 0.15) is 11.1 Å². The Balaban J connectivity index is 1.62. The molecule has 1 heterocycles. The zero-order valence-corrected chi connectivity index (χ0v) is 12.5. The molecule has 0 bridgehead atoms. The Morgan fingerprint density at radius 2 is 2.09 bits per heavy atom. The number of hydrazone groups is 1. The van der Waals surface area contributed by atoms with Crippen LogP contribution in [0.4, 0.5) is 0 Å². The molecular formula is C17H16N2O4. The van der Waals surface area contributed by atoms with E-state index >= 15 is 0 Å². The van der Waals surface area contributed by atoms with Crippen LogP contribution < -0.4 is 14.9 Å². The van der Waals surface area contributed by atoms with Gasteiger partial charge in [0.05, 0.1) is 6.21 Å². The molecule has 23 heavy (non-hydrogen) atoms. The number of hydrogen-bond acceptors (Lipinski definition) is 5. The van der Waals surface area contributed by atoms with Crippen LogP contribution in [0.3, 0.4) is 0 Å². The summed E-state index contributed by atoms with van der Waals surface area (Å²) in [7, 11) is 0. The summed E-state index contributed by atoms with van der Waals surface area (Å²) in [6.45, 7) is 2.02. The Labute approximate surface area is 133 Å². The first-order valence-electron chi connectivity index (χ1n) is 7.14. The summed E-state index contributed by atoms with van der Waals surface area (Å²) < 4.78 is 11.1. The largest absolute Gasteiger partial charge is 0.507 e. The number of amides is 1. The molecule has 0 spiro atoms. The summed E-state index contributed by atoms with van der Waals surface area (Å²) in [6, 6.07) is 12.3. The minimum atomic E-state index is -0.770. The number of carbonyl (C=O) groups is 1. The number of hydrogen-bond donors (Lipinski definition) is 2. The van der Waals surface area contributed by atoms with Crippen molar-refractivity contribution < 1.29 is 19.4 Å². The monoisotopic (exact) mass is 312 g/mol. The fourth-order valence-corrected chi connectivity index (χ4v) is 2.16. The molecule has 1 amide bonds. The molecule has 2 aromatic carbocycles. The summed E-state index contributed by atoms with van der Waals surface area (Å²) >= 11 is 0. The predicted molar refractivity (Wildman–Crippen MR) is 84.9 cm³/mol. The van der Waals surface area contributed by atoms with Gasteiger partial charge in [-0.1, -0.05) is 23.8 Å². The van der Waals surface area contributed by atoms with Gasteiger partial charge in [-0.3, -0.25) is 4.79 Å². The zero-order valence-electron chi connectivity index (χ0n) is 12.5. The highest BCUT2D eigenvalue weighted by atomic mass is 16.6. The first-order chi connectivity index (χ1) is 11.1. The van der Waals surface area contributed by atoms with Gasteiger partial charge in [0.2, 0.25) is 6.10 Å². The van der Waals surface area contributed by atoms with Crippen molar-refractivity contribution in [2.45, 2.75) is 13.0 Å². The van der Waals surface area contributed by atoms with Crippen LogP contribution >= 0.6 is 0 Å². The number of ether oxygens (including phenoxy) is 2. The van der Waals surface area contributed by atoms with Crippen LogP contribution in [0.25, 0.3) is 0 Å². The maximum absolute atomic E-state index is 12.1. The Kier molecular flexibility index (Phi) is 4.14. The normalized spacial score (nSPS) is 16.3. The van der Waals surface area contributed by atoms with Crippen molar-refractivity contribution in [2.75, 3.05) is 6.61 Å². The molecule has 2 aromatic rings. The molecule has 0 unspecified atom stereocenters. The maximum atomic E-state index is 12.1. The van der Waals surface area contributed by atoms with Gasteiger partial charge in [-0.2, -0.15) is 5.10 Å². The summed E-state index contributed by atoms with van der Waals surface area (Å²) in [6.07, 6.45) is 0.617. The number of phenolic OH excluding ortho intramolecular Hbond substituents is 1. The number of fused-ring (bicyclic) bond motifs is 1. The predicted octanol–water partition coefficient (Wildman–Crippen LogP) is 1.99. The standard InChI is InChI=1S/C17H16N2O4/c1-11-6-7-13(20)12(8-11)9-18-19-17(21)16-10-22-14-4-2-3-5-15(14)23-16/h2-9,16,20H,10H2,1H3,(H,19,21)/b18-9-/t16-/m0/s1. The van der Waals surface area contributed by atoms with Crippen LogP contribution in [-0.2, 0) is 4.79 Å². The van der Waals surface area contributed by atoms with E-state index in [0.717, 1.165) is 5.56 Å². The molecule has 2 N–H and O–H groups in total. The molecule has 0 fully saturated rings. The minimum Gasteiger partial charge on any atom is -0.507 e. The SMILES string of the molecule is Cc1ccc(O)c(/C=N\NC(=O)[C@@H]2COc3ccccc3O2)c1. The van der Waals surface area contributed by atoms with Crippen LogP contribution in [-0.4, -0.2) is 29.9 Å². The number of nitrogens with zero attached hydrogens (tertiary/aromatic N) is 1. The lowest BCUT2D eigenvalue weighted by Crippen LogP contribution is -2.42. The van der Waals surface area contributed by atoms with E-state index in [1.54, 1.807) is 36.4 Å². The molecule has 1 atom stereocenters. The number of aryl methyl sites for hydroxylation is 1. The van der Waals surface area contributed by atoms with Gasteiger partial charge >= 0.3 is 0 Å². The van der Waals surface area contributed by atoms with Crippen LogP contribution in [0.2, 0.25) is 0 Å². The molecule has 0 aliphatic carbocycles. The van der Waals surface area contributed by atoms with Gasteiger partial charge < -0.3 is 14.6 Å². The molecule has 6 nitrogen and oxygen atoms in total.